The Labute approximate surface area is 156 Å². The summed E-state index contributed by atoms with van der Waals surface area (Å²) in [5, 5.41) is 2.88. The van der Waals surface area contributed by atoms with E-state index < -0.39 is 0 Å². The van der Waals surface area contributed by atoms with Crippen LogP contribution in [0.2, 0.25) is 0 Å². The van der Waals surface area contributed by atoms with Gasteiger partial charge in [0, 0.05) is 13.1 Å². The molecule has 0 bridgehead atoms. The number of aryl methyl sites for hydroxylation is 1. The summed E-state index contributed by atoms with van der Waals surface area (Å²) in [5.74, 6) is 1.51. The maximum absolute atomic E-state index is 12.3. The van der Waals surface area contributed by atoms with Gasteiger partial charge < -0.3 is 15.0 Å². The minimum atomic E-state index is -0.0304. The van der Waals surface area contributed by atoms with Gasteiger partial charge in [-0.1, -0.05) is 55.5 Å². The third-order valence-corrected chi connectivity index (χ3v) is 5.07. The van der Waals surface area contributed by atoms with Crippen molar-refractivity contribution in [2.75, 3.05) is 19.8 Å². The minimum Gasteiger partial charge on any atom is -0.473 e. The van der Waals surface area contributed by atoms with Crippen LogP contribution in [0.5, 0.6) is 5.75 Å². The van der Waals surface area contributed by atoms with Crippen molar-refractivity contribution >= 4 is 6.03 Å². The molecule has 0 aromatic heterocycles. The summed E-state index contributed by atoms with van der Waals surface area (Å²) in [7, 11) is 0. The van der Waals surface area contributed by atoms with Gasteiger partial charge in [-0.05, 0) is 48.8 Å². The standard InChI is InChI=1S/C22H28N2O2/c1-2-20-10-6-7-11-21(20)26-17-23-22(25)24-14-12-19(13-15-24)16-18-8-4-3-5-9-18/h3-11,19H,2,12-17H2,1H3,(H,23,25). The Balaban J connectivity index is 1.39. The number of carbonyl (C=O) groups is 1. The van der Waals surface area contributed by atoms with Gasteiger partial charge in [-0.2, -0.15) is 0 Å². The average Bonchev–Trinajstić information content (AvgIpc) is 2.69. The highest BCUT2D eigenvalue weighted by Crippen LogP contribution is 2.22. The third kappa shape index (κ3) is 5.01. The van der Waals surface area contributed by atoms with Gasteiger partial charge in [-0.3, -0.25) is 0 Å². The van der Waals surface area contributed by atoms with Crippen molar-refractivity contribution in [3.05, 3.63) is 65.7 Å². The van der Waals surface area contributed by atoms with Crippen LogP contribution in [0.4, 0.5) is 4.79 Å². The van der Waals surface area contributed by atoms with E-state index in [0.29, 0.717) is 5.92 Å². The number of hydrogen-bond acceptors (Lipinski definition) is 2. The van der Waals surface area contributed by atoms with Crippen LogP contribution >= 0.6 is 0 Å². The lowest BCUT2D eigenvalue weighted by Crippen LogP contribution is -2.45. The normalized spacial score (nSPS) is 14.9. The largest absolute Gasteiger partial charge is 0.473 e. The molecule has 4 nitrogen and oxygen atoms in total. The molecule has 1 aliphatic heterocycles. The smallest absolute Gasteiger partial charge is 0.320 e. The van der Waals surface area contributed by atoms with Crippen molar-refractivity contribution in [3.8, 4) is 5.75 Å². The highest BCUT2D eigenvalue weighted by Gasteiger charge is 2.22. The molecule has 1 heterocycles. The summed E-state index contributed by atoms with van der Waals surface area (Å²) in [6.07, 6.45) is 4.13. The van der Waals surface area contributed by atoms with Gasteiger partial charge in [0.1, 0.15) is 5.75 Å². The number of rotatable bonds is 6. The first-order chi connectivity index (χ1) is 12.8. The van der Waals surface area contributed by atoms with Gasteiger partial charge in [0.15, 0.2) is 6.73 Å². The van der Waals surface area contributed by atoms with Crippen LogP contribution in [0.25, 0.3) is 0 Å². The van der Waals surface area contributed by atoms with E-state index in [4.69, 9.17) is 4.74 Å². The molecule has 2 aromatic carbocycles. The Hall–Kier alpha value is -2.49. The predicted molar refractivity (Wildman–Crippen MR) is 104 cm³/mol. The highest BCUT2D eigenvalue weighted by molar-refractivity contribution is 5.74. The van der Waals surface area contributed by atoms with Gasteiger partial charge in [0.05, 0.1) is 0 Å². The molecule has 0 aliphatic carbocycles. The number of hydrogen-bond donors (Lipinski definition) is 1. The molecule has 0 saturated carbocycles. The predicted octanol–water partition coefficient (Wildman–Crippen LogP) is 4.25. The number of likely N-dealkylation sites (tertiary alicyclic amines) is 1. The SMILES string of the molecule is CCc1ccccc1OCNC(=O)N1CCC(Cc2ccccc2)CC1. The molecular formula is C22H28N2O2. The lowest BCUT2D eigenvalue weighted by molar-refractivity contribution is 0.160. The van der Waals surface area contributed by atoms with Crippen molar-refractivity contribution in [2.45, 2.75) is 32.6 Å². The summed E-state index contributed by atoms with van der Waals surface area (Å²) < 4.78 is 5.73. The van der Waals surface area contributed by atoms with Gasteiger partial charge in [0.2, 0.25) is 0 Å². The second kappa shape index (κ2) is 9.27. The lowest BCUT2D eigenvalue weighted by atomic mass is 9.90. The molecule has 0 radical (unpaired) electrons. The Kier molecular flexibility index (Phi) is 6.53. The number of urea groups is 1. The summed E-state index contributed by atoms with van der Waals surface area (Å²) >= 11 is 0. The molecule has 1 aliphatic rings. The molecular weight excluding hydrogens is 324 g/mol. The van der Waals surface area contributed by atoms with Crippen molar-refractivity contribution < 1.29 is 9.53 Å². The van der Waals surface area contributed by atoms with Crippen LogP contribution < -0.4 is 10.1 Å². The molecule has 1 fully saturated rings. The van der Waals surface area contributed by atoms with E-state index in [9.17, 15) is 4.79 Å². The minimum absolute atomic E-state index is 0.0304. The van der Waals surface area contributed by atoms with E-state index in [2.05, 4.69) is 48.6 Å². The Morgan fingerprint density at radius 2 is 1.77 bits per heavy atom. The molecule has 2 aromatic rings. The van der Waals surface area contributed by atoms with Gasteiger partial charge >= 0.3 is 6.03 Å². The second-order valence-corrected chi connectivity index (χ2v) is 6.85. The van der Waals surface area contributed by atoms with E-state index >= 15 is 0 Å². The van der Waals surface area contributed by atoms with E-state index in [1.807, 2.05) is 23.1 Å². The first-order valence-corrected chi connectivity index (χ1v) is 9.53. The van der Waals surface area contributed by atoms with E-state index in [1.165, 1.54) is 5.56 Å². The van der Waals surface area contributed by atoms with Gasteiger partial charge in [-0.25, -0.2) is 4.79 Å². The quantitative estimate of drug-likeness (QED) is 0.790. The molecule has 1 saturated heterocycles. The molecule has 26 heavy (non-hydrogen) atoms. The topological polar surface area (TPSA) is 41.6 Å². The third-order valence-electron chi connectivity index (χ3n) is 5.07. The maximum atomic E-state index is 12.3. The van der Waals surface area contributed by atoms with Crippen molar-refractivity contribution in [1.82, 2.24) is 10.2 Å². The van der Waals surface area contributed by atoms with Gasteiger partial charge in [0.25, 0.3) is 0 Å². The van der Waals surface area contributed by atoms with Crippen LogP contribution in [0.1, 0.15) is 30.9 Å². The van der Waals surface area contributed by atoms with Crippen molar-refractivity contribution in [2.24, 2.45) is 5.92 Å². The Bertz CT molecular complexity index is 694. The van der Waals surface area contributed by atoms with E-state index in [0.717, 1.165) is 50.1 Å². The summed E-state index contributed by atoms with van der Waals surface area (Å²) in [5.41, 5.74) is 2.54. The fraction of sp³-hybridized carbons (Fsp3) is 0.409. The van der Waals surface area contributed by atoms with Gasteiger partial charge in [-0.15, -0.1) is 0 Å². The van der Waals surface area contributed by atoms with Crippen molar-refractivity contribution in [1.29, 1.82) is 0 Å². The molecule has 0 unspecified atom stereocenters. The summed E-state index contributed by atoms with van der Waals surface area (Å²) in [4.78, 5) is 14.2. The number of benzene rings is 2. The zero-order valence-electron chi connectivity index (χ0n) is 15.5. The Morgan fingerprint density at radius 3 is 2.50 bits per heavy atom. The first-order valence-electron chi connectivity index (χ1n) is 9.53. The van der Waals surface area contributed by atoms with Crippen LogP contribution in [0.15, 0.2) is 54.6 Å². The molecule has 0 atom stereocenters. The van der Waals surface area contributed by atoms with Crippen LogP contribution in [-0.2, 0) is 12.8 Å². The molecule has 0 spiro atoms. The fourth-order valence-corrected chi connectivity index (χ4v) is 3.51. The maximum Gasteiger partial charge on any atom is 0.320 e. The summed E-state index contributed by atoms with van der Waals surface area (Å²) in [6.45, 7) is 3.93. The number of ether oxygens (including phenoxy) is 1. The average molecular weight is 352 g/mol. The number of nitrogens with zero attached hydrogens (tertiary/aromatic N) is 1. The molecule has 3 rings (SSSR count). The second-order valence-electron chi connectivity index (χ2n) is 6.85. The molecule has 2 amide bonds. The molecule has 138 valence electrons. The summed E-state index contributed by atoms with van der Waals surface area (Å²) in [6, 6.07) is 18.5. The zero-order chi connectivity index (χ0) is 18.2. The van der Waals surface area contributed by atoms with E-state index in [1.54, 1.807) is 0 Å². The number of para-hydroxylation sites is 1. The lowest BCUT2D eigenvalue weighted by Gasteiger charge is -2.32. The van der Waals surface area contributed by atoms with Crippen LogP contribution in [0, 0.1) is 5.92 Å². The van der Waals surface area contributed by atoms with Crippen LogP contribution in [-0.4, -0.2) is 30.8 Å². The number of amides is 2. The number of nitrogens with one attached hydrogen (secondary N) is 1. The molecule has 4 heteroatoms. The van der Waals surface area contributed by atoms with Crippen LogP contribution in [0.3, 0.4) is 0 Å². The first kappa shape index (κ1) is 18.3. The monoisotopic (exact) mass is 352 g/mol. The van der Waals surface area contributed by atoms with Crippen molar-refractivity contribution in [3.63, 3.8) is 0 Å². The molecule has 1 N–H and O–H groups in total. The van der Waals surface area contributed by atoms with E-state index in [-0.39, 0.29) is 12.8 Å². The number of carbonyl (C=O) groups excluding carboxylic acids is 1. The zero-order valence-corrected chi connectivity index (χ0v) is 15.5. The fourth-order valence-electron chi connectivity index (χ4n) is 3.51. The number of piperidine rings is 1. The highest BCUT2D eigenvalue weighted by atomic mass is 16.5. The Morgan fingerprint density at radius 1 is 1.08 bits per heavy atom.